The number of carbonyl (C=O) groups excluding carboxylic acids is 1. The van der Waals surface area contributed by atoms with Gasteiger partial charge in [0.15, 0.2) is 0 Å². The van der Waals surface area contributed by atoms with E-state index in [1.165, 1.54) is 17.0 Å². The maximum atomic E-state index is 13.3. The molecule has 0 unspecified atom stereocenters. The predicted octanol–water partition coefficient (Wildman–Crippen LogP) is 4.17. The van der Waals surface area contributed by atoms with E-state index in [9.17, 15) is 9.18 Å². The summed E-state index contributed by atoms with van der Waals surface area (Å²) in [5.74, 6) is -0.296. The van der Waals surface area contributed by atoms with Crippen LogP contribution in [0.1, 0.15) is 28.2 Å². The number of H-pyrrole nitrogens is 1. The van der Waals surface area contributed by atoms with Gasteiger partial charge in [0.25, 0.3) is 5.91 Å². The van der Waals surface area contributed by atoms with Gasteiger partial charge in [0.1, 0.15) is 11.5 Å². The Hall–Kier alpha value is -2.14. The quantitative estimate of drug-likeness (QED) is 0.771. The molecule has 2 heterocycles. The monoisotopic (exact) mass is 314 g/mol. The molecule has 0 saturated heterocycles. The summed E-state index contributed by atoms with van der Waals surface area (Å²) in [4.78, 5) is 19.0. The molecule has 1 amide bonds. The number of hydrogen-bond donors (Lipinski definition) is 1. The third-order valence-electron chi connectivity index (χ3n) is 3.97. The van der Waals surface area contributed by atoms with Crippen LogP contribution in [0.5, 0.6) is 0 Å². The van der Waals surface area contributed by atoms with Crippen LogP contribution < -0.4 is 0 Å². The van der Waals surface area contributed by atoms with Crippen LogP contribution in [0.15, 0.2) is 41.8 Å². The molecule has 2 aromatic heterocycles. The molecule has 3 nitrogen and oxygen atoms in total. The first-order chi connectivity index (χ1) is 10.7. The minimum absolute atomic E-state index is 0.00694. The Morgan fingerprint density at radius 3 is 2.91 bits per heavy atom. The van der Waals surface area contributed by atoms with Crippen molar-refractivity contribution in [3.63, 3.8) is 0 Å². The highest BCUT2D eigenvalue weighted by Gasteiger charge is 2.33. The van der Waals surface area contributed by atoms with E-state index in [0.717, 1.165) is 23.7 Å². The molecule has 1 aliphatic carbocycles. The average molecular weight is 314 g/mol. The van der Waals surface area contributed by atoms with Gasteiger partial charge in [-0.2, -0.15) is 0 Å². The van der Waals surface area contributed by atoms with Crippen LogP contribution in [0.4, 0.5) is 4.39 Å². The van der Waals surface area contributed by atoms with Crippen molar-refractivity contribution in [3.8, 4) is 0 Å². The number of nitrogens with one attached hydrogen (secondary N) is 1. The number of aromatic amines is 1. The third kappa shape index (κ3) is 2.52. The number of nitrogens with zero attached hydrogens (tertiary/aromatic N) is 1. The molecule has 1 N–H and O–H groups in total. The van der Waals surface area contributed by atoms with E-state index in [4.69, 9.17) is 0 Å². The summed E-state index contributed by atoms with van der Waals surface area (Å²) in [5.41, 5.74) is 1.32. The van der Waals surface area contributed by atoms with Crippen molar-refractivity contribution < 1.29 is 9.18 Å². The number of carbonyl (C=O) groups is 1. The molecule has 1 aliphatic rings. The van der Waals surface area contributed by atoms with Gasteiger partial charge in [-0.05, 0) is 48.6 Å². The number of hydrogen-bond acceptors (Lipinski definition) is 2. The van der Waals surface area contributed by atoms with Crippen LogP contribution in [-0.2, 0) is 6.54 Å². The summed E-state index contributed by atoms with van der Waals surface area (Å²) in [5, 5.41) is 2.76. The number of aromatic nitrogens is 1. The van der Waals surface area contributed by atoms with Gasteiger partial charge < -0.3 is 9.88 Å². The number of amides is 1. The van der Waals surface area contributed by atoms with E-state index in [1.807, 2.05) is 22.4 Å². The molecule has 0 spiro atoms. The van der Waals surface area contributed by atoms with Gasteiger partial charge in [-0.15, -0.1) is 11.3 Å². The van der Waals surface area contributed by atoms with Crippen molar-refractivity contribution in [2.45, 2.75) is 25.4 Å². The number of halogens is 1. The Bertz CT molecular complexity index is 820. The normalized spacial score (nSPS) is 14.4. The lowest BCUT2D eigenvalue weighted by Crippen LogP contribution is -2.32. The first kappa shape index (κ1) is 13.5. The minimum Gasteiger partial charge on any atom is -0.351 e. The molecule has 1 saturated carbocycles. The lowest BCUT2D eigenvalue weighted by atomic mass is 10.2. The van der Waals surface area contributed by atoms with Crippen molar-refractivity contribution in [1.29, 1.82) is 0 Å². The van der Waals surface area contributed by atoms with E-state index in [1.54, 1.807) is 23.5 Å². The highest BCUT2D eigenvalue weighted by atomic mass is 32.1. The fourth-order valence-corrected chi connectivity index (χ4v) is 3.40. The molecule has 1 fully saturated rings. The standard InChI is InChI=1S/C17H15FN2OS/c18-12-3-6-15-11(8-12)9-16(19-15)17(21)20(13-4-5-13)10-14-2-1-7-22-14/h1-3,6-9,13,19H,4-5,10H2. The van der Waals surface area contributed by atoms with Crippen LogP contribution in [-0.4, -0.2) is 21.8 Å². The molecule has 0 bridgehead atoms. The summed E-state index contributed by atoms with van der Waals surface area (Å²) < 4.78 is 13.3. The van der Waals surface area contributed by atoms with Crippen molar-refractivity contribution in [2.75, 3.05) is 0 Å². The summed E-state index contributed by atoms with van der Waals surface area (Å²) >= 11 is 1.66. The highest BCUT2D eigenvalue weighted by molar-refractivity contribution is 7.09. The molecule has 0 atom stereocenters. The van der Waals surface area contributed by atoms with E-state index >= 15 is 0 Å². The lowest BCUT2D eigenvalue weighted by Gasteiger charge is -2.21. The molecule has 0 aliphatic heterocycles. The number of thiophene rings is 1. The lowest BCUT2D eigenvalue weighted by molar-refractivity contribution is 0.0726. The van der Waals surface area contributed by atoms with Crippen molar-refractivity contribution in [1.82, 2.24) is 9.88 Å². The average Bonchev–Trinajstić information content (AvgIpc) is 3.06. The number of rotatable bonds is 4. The molecule has 1 aromatic carbocycles. The molecular weight excluding hydrogens is 299 g/mol. The van der Waals surface area contributed by atoms with Crippen LogP contribution in [0.3, 0.4) is 0 Å². The maximum absolute atomic E-state index is 13.3. The first-order valence-corrected chi connectivity index (χ1v) is 8.20. The van der Waals surface area contributed by atoms with Gasteiger partial charge in [-0.1, -0.05) is 6.07 Å². The Labute approximate surface area is 131 Å². The van der Waals surface area contributed by atoms with Gasteiger partial charge in [-0.25, -0.2) is 4.39 Å². The zero-order valence-electron chi connectivity index (χ0n) is 11.9. The molecular formula is C17H15FN2OS. The van der Waals surface area contributed by atoms with Crippen LogP contribution in [0.25, 0.3) is 10.9 Å². The van der Waals surface area contributed by atoms with Gasteiger partial charge in [0.05, 0.1) is 6.54 Å². The van der Waals surface area contributed by atoms with Crippen LogP contribution in [0, 0.1) is 5.82 Å². The summed E-state index contributed by atoms with van der Waals surface area (Å²) in [6, 6.07) is 10.6. The number of fused-ring (bicyclic) bond motifs is 1. The van der Waals surface area contributed by atoms with E-state index in [2.05, 4.69) is 4.98 Å². The smallest absolute Gasteiger partial charge is 0.270 e. The fraction of sp³-hybridized carbons (Fsp3) is 0.235. The van der Waals surface area contributed by atoms with Crippen molar-refractivity contribution >= 4 is 28.1 Å². The van der Waals surface area contributed by atoms with Gasteiger partial charge in [0, 0.05) is 21.8 Å². The second-order valence-corrected chi connectivity index (χ2v) is 6.69. The molecule has 4 rings (SSSR count). The largest absolute Gasteiger partial charge is 0.351 e. The Balaban J connectivity index is 1.64. The second kappa shape index (κ2) is 5.25. The molecule has 112 valence electrons. The van der Waals surface area contributed by atoms with E-state index in [-0.39, 0.29) is 11.7 Å². The Kier molecular flexibility index (Phi) is 3.22. The third-order valence-corrected chi connectivity index (χ3v) is 4.83. The molecule has 0 radical (unpaired) electrons. The van der Waals surface area contributed by atoms with Crippen molar-refractivity contribution in [2.24, 2.45) is 0 Å². The topological polar surface area (TPSA) is 36.1 Å². The van der Waals surface area contributed by atoms with Crippen LogP contribution in [0.2, 0.25) is 0 Å². The SMILES string of the molecule is O=C(c1cc2cc(F)ccc2[nH]1)N(Cc1cccs1)C1CC1. The molecule has 3 aromatic rings. The summed E-state index contributed by atoms with van der Waals surface area (Å²) in [6.07, 6.45) is 2.12. The highest BCUT2D eigenvalue weighted by Crippen LogP contribution is 2.31. The van der Waals surface area contributed by atoms with Crippen LogP contribution >= 0.6 is 11.3 Å². The zero-order chi connectivity index (χ0) is 15.1. The van der Waals surface area contributed by atoms with Gasteiger partial charge in [0.2, 0.25) is 0 Å². The Morgan fingerprint density at radius 1 is 1.32 bits per heavy atom. The molecule has 22 heavy (non-hydrogen) atoms. The van der Waals surface area contributed by atoms with Gasteiger partial charge in [-0.3, -0.25) is 4.79 Å². The molecule has 5 heteroatoms. The zero-order valence-corrected chi connectivity index (χ0v) is 12.7. The maximum Gasteiger partial charge on any atom is 0.270 e. The van der Waals surface area contributed by atoms with E-state index < -0.39 is 0 Å². The summed E-state index contributed by atoms with van der Waals surface area (Å²) in [6.45, 7) is 0.644. The first-order valence-electron chi connectivity index (χ1n) is 7.32. The fourth-order valence-electron chi connectivity index (χ4n) is 2.70. The van der Waals surface area contributed by atoms with Gasteiger partial charge >= 0.3 is 0 Å². The minimum atomic E-state index is -0.289. The summed E-state index contributed by atoms with van der Waals surface area (Å²) in [7, 11) is 0. The van der Waals surface area contributed by atoms with Crippen molar-refractivity contribution in [3.05, 3.63) is 58.2 Å². The predicted molar refractivity (Wildman–Crippen MR) is 85.5 cm³/mol. The number of benzene rings is 1. The Morgan fingerprint density at radius 2 is 2.18 bits per heavy atom. The second-order valence-electron chi connectivity index (χ2n) is 5.66. The van der Waals surface area contributed by atoms with E-state index in [0.29, 0.717) is 18.3 Å².